The van der Waals surface area contributed by atoms with Gasteiger partial charge in [0.05, 0.1) is 23.0 Å². The molecule has 3 heterocycles. The fourth-order valence-corrected chi connectivity index (χ4v) is 4.39. The molecule has 132 valence electrons. The van der Waals surface area contributed by atoms with Gasteiger partial charge in [0.1, 0.15) is 0 Å². The standard InChI is InChI=1S/C19H25N5O/c1-13-9-14(2)24(23-13)17-7-6-16(11-21-17)22-18(25)19-8-4-3-5-15(19)10-20-12-19/h6-7,9,11,15,20H,3-5,8,10,12H2,1-2H3,(H,22,25)/t15-,19+/m0/s1. The van der Waals surface area contributed by atoms with Crippen molar-refractivity contribution in [3.05, 3.63) is 35.8 Å². The molecule has 0 aromatic carbocycles. The summed E-state index contributed by atoms with van der Waals surface area (Å²) < 4.78 is 1.82. The number of anilines is 1. The Balaban J connectivity index is 1.51. The lowest BCUT2D eigenvalue weighted by molar-refractivity contribution is -0.128. The Kier molecular flexibility index (Phi) is 4.07. The highest BCUT2D eigenvalue weighted by Gasteiger charge is 2.49. The van der Waals surface area contributed by atoms with Crippen LogP contribution in [0.15, 0.2) is 24.4 Å². The summed E-state index contributed by atoms with van der Waals surface area (Å²) in [5.74, 6) is 1.37. The first-order valence-electron chi connectivity index (χ1n) is 9.10. The number of pyridine rings is 1. The number of hydrogen-bond donors (Lipinski definition) is 2. The highest BCUT2D eigenvalue weighted by molar-refractivity contribution is 5.96. The Morgan fingerprint density at radius 3 is 2.96 bits per heavy atom. The van der Waals surface area contributed by atoms with E-state index in [0.717, 1.165) is 55.2 Å². The summed E-state index contributed by atoms with van der Waals surface area (Å²) in [4.78, 5) is 17.5. The van der Waals surface area contributed by atoms with Crippen molar-refractivity contribution in [2.75, 3.05) is 18.4 Å². The molecule has 2 aliphatic rings. The van der Waals surface area contributed by atoms with Crippen LogP contribution in [-0.4, -0.2) is 33.8 Å². The third-order valence-corrected chi connectivity index (χ3v) is 5.72. The van der Waals surface area contributed by atoms with Crippen molar-refractivity contribution in [2.24, 2.45) is 11.3 Å². The second kappa shape index (κ2) is 6.26. The molecule has 2 N–H and O–H groups in total. The molecule has 1 saturated heterocycles. The van der Waals surface area contributed by atoms with E-state index in [1.54, 1.807) is 6.20 Å². The summed E-state index contributed by atoms with van der Waals surface area (Å²) in [6.07, 6.45) is 6.23. The van der Waals surface area contributed by atoms with Gasteiger partial charge in [-0.25, -0.2) is 9.67 Å². The van der Waals surface area contributed by atoms with Crippen LogP contribution in [0.1, 0.15) is 37.1 Å². The Morgan fingerprint density at radius 1 is 1.36 bits per heavy atom. The van der Waals surface area contributed by atoms with E-state index in [9.17, 15) is 4.79 Å². The van der Waals surface area contributed by atoms with Gasteiger partial charge < -0.3 is 10.6 Å². The summed E-state index contributed by atoms with van der Waals surface area (Å²) in [7, 11) is 0. The molecule has 0 radical (unpaired) electrons. The second-order valence-electron chi connectivity index (χ2n) is 7.43. The largest absolute Gasteiger partial charge is 0.324 e. The van der Waals surface area contributed by atoms with Gasteiger partial charge in [-0.2, -0.15) is 5.10 Å². The van der Waals surface area contributed by atoms with Crippen LogP contribution in [-0.2, 0) is 4.79 Å². The zero-order valence-corrected chi connectivity index (χ0v) is 14.9. The summed E-state index contributed by atoms with van der Waals surface area (Å²) in [5, 5.41) is 11.0. The van der Waals surface area contributed by atoms with E-state index in [0.29, 0.717) is 5.92 Å². The van der Waals surface area contributed by atoms with Gasteiger partial charge in [-0.1, -0.05) is 12.8 Å². The van der Waals surface area contributed by atoms with Crippen LogP contribution in [0.4, 0.5) is 5.69 Å². The van der Waals surface area contributed by atoms with Gasteiger partial charge in [-0.15, -0.1) is 0 Å². The monoisotopic (exact) mass is 339 g/mol. The highest BCUT2D eigenvalue weighted by atomic mass is 16.2. The zero-order valence-electron chi connectivity index (χ0n) is 14.9. The quantitative estimate of drug-likeness (QED) is 0.902. The number of fused-ring (bicyclic) bond motifs is 1. The van der Waals surface area contributed by atoms with E-state index in [-0.39, 0.29) is 11.3 Å². The van der Waals surface area contributed by atoms with Crippen molar-refractivity contribution >= 4 is 11.6 Å². The van der Waals surface area contributed by atoms with Crippen LogP contribution in [0, 0.1) is 25.2 Å². The van der Waals surface area contributed by atoms with Crippen molar-refractivity contribution in [2.45, 2.75) is 39.5 Å². The lowest BCUT2D eigenvalue weighted by Crippen LogP contribution is -2.44. The molecule has 2 aromatic heterocycles. The number of hydrogen-bond acceptors (Lipinski definition) is 4. The van der Waals surface area contributed by atoms with Crippen molar-refractivity contribution in [1.29, 1.82) is 0 Å². The molecule has 2 fully saturated rings. The Hall–Kier alpha value is -2.21. The average molecular weight is 339 g/mol. The van der Waals surface area contributed by atoms with E-state index in [1.165, 1.54) is 6.42 Å². The lowest BCUT2D eigenvalue weighted by atomic mass is 9.67. The molecule has 4 rings (SSSR count). The number of carbonyl (C=O) groups is 1. The number of carbonyl (C=O) groups excluding carboxylic acids is 1. The minimum Gasteiger partial charge on any atom is -0.324 e. The van der Waals surface area contributed by atoms with Gasteiger partial charge in [0.2, 0.25) is 5.91 Å². The predicted molar refractivity (Wildman–Crippen MR) is 96.7 cm³/mol. The third kappa shape index (κ3) is 2.84. The van der Waals surface area contributed by atoms with Gasteiger partial charge in [-0.3, -0.25) is 4.79 Å². The van der Waals surface area contributed by atoms with E-state index in [1.807, 2.05) is 36.7 Å². The predicted octanol–water partition coefficient (Wildman–Crippen LogP) is 2.60. The van der Waals surface area contributed by atoms with Gasteiger partial charge in [0, 0.05) is 12.2 Å². The molecular formula is C19H25N5O. The van der Waals surface area contributed by atoms with Gasteiger partial charge in [0.15, 0.2) is 5.82 Å². The van der Waals surface area contributed by atoms with E-state index in [4.69, 9.17) is 0 Å². The molecule has 6 nitrogen and oxygen atoms in total. The van der Waals surface area contributed by atoms with Crippen molar-refractivity contribution in [3.8, 4) is 5.82 Å². The molecule has 2 aromatic rings. The normalized spacial score (nSPS) is 25.6. The molecule has 6 heteroatoms. The highest BCUT2D eigenvalue weighted by Crippen LogP contribution is 2.44. The smallest absolute Gasteiger partial charge is 0.232 e. The molecular weight excluding hydrogens is 314 g/mol. The molecule has 1 saturated carbocycles. The first-order valence-corrected chi connectivity index (χ1v) is 9.10. The Bertz CT molecular complexity index is 782. The first-order chi connectivity index (χ1) is 12.1. The number of rotatable bonds is 3. The molecule has 1 amide bonds. The first kappa shape index (κ1) is 16.3. The second-order valence-corrected chi connectivity index (χ2v) is 7.43. The van der Waals surface area contributed by atoms with Crippen molar-refractivity contribution in [1.82, 2.24) is 20.1 Å². The van der Waals surface area contributed by atoms with Crippen molar-refractivity contribution < 1.29 is 4.79 Å². The molecule has 2 atom stereocenters. The maximum absolute atomic E-state index is 13.0. The Labute approximate surface area is 148 Å². The summed E-state index contributed by atoms with van der Waals surface area (Å²) in [6.45, 7) is 5.73. The van der Waals surface area contributed by atoms with Gasteiger partial charge in [-0.05, 0) is 57.4 Å². The van der Waals surface area contributed by atoms with E-state index < -0.39 is 0 Å². The number of aromatic nitrogens is 3. The number of aryl methyl sites for hydroxylation is 2. The topological polar surface area (TPSA) is 71.8 Å². The molecule has 0 spiro atoms. The molecule has 1 aliphatic carbocycles. The number of nitrogens with one attached hydrogen (secondary N) is 2. The summed E-state index contributed by atoms with van der Waals surface area (Å²) >= 11 is 0. The van der Waals surface area contributed by atoms with Crippen LogP contribution in [0.3, 0.4) is 0 Å². The third-order valence-electron chi connectivity index (χ3n) is 5.72. The summed E-state index contributed by atoms with van der Waals surface area (Å²) in [5.41, 5.74) is 2.52. The average Bonchev–Trinajstić information content (AvgIpc) is 3.19. The fraction of sp³-hybridized carbons (Fsp3) is 0.526. The zero-order chi connectivity index (χ0) is 17.4. The summed E-state index contributed by atoms with van der Waals surface area (Å²) in [6, 6.07) is 5.83. The fourth-order valence-electron chi connectivity index (χ4n) is 4.39. The molecule has 25 heavy (non-hydrogen) atoms. The minimum absolute atomic E-state index is 0.142. The van der Waals surface area contributed by atoms with Crippen LogP contribution in [0.5, 0.6) is 0 Å². The van der Waals surface area contributed by atoms with Crippen LogP contribution in [0.2, 0.25) is 0 Å². The van der Waals surface area contributed by atoms with E-state index >= 15 is 0 Å². The molecule has 0 bridgehead atoms. The van der Waals surface area contributed by atoms with Crippen LogP contribution >= 0.6 is 0 Å². The Morgan fingerprint density at radius 2 is 2.24 bits per heavy atom. The number of nitrogens with zero attached hydrogens (tertiary/aromatic N) is 3. The van der Waals surface area contributed by atoms with Gasteiger partial charge >= 0.3 is 0 Å². The minimum atomic E-state index is -0.243. The number of amides is 1. The van der Waals surface area contributed by atoms with Crippen LogP contribution < -0.4 is 10.6 Å². The van der Waals surface area contributed by atoms with E-state index in [2.05, 4.69) is 20.7 Å². The van der Waals surface area contributed by atoms with Crippen LogP contribution in [0.25, 0.3) is 5.82 Å². The molecule has 0 unspecified atom stereocenters. The van der Waals surface area contributed by atoms with Crippen molar-refractivity contribution in [3.63, 3.8) is 0 Å². The SMILES string of the molecule is Cc1cc(C)n(-c2ccc(NC(=O)[C@@]34CCCC[C@H]3CNC4)cn2)n1. The maximum Gasteiger partial charge on any atom is 0.232 e. The molecule has 1 aliphatic heterocycles. The van der Waals surface area contributed by atoms with Gasteiger partial charge in [0.25, 0.3) is 0 Å². The lowest BCUT2D eigenvalue weighted by Gasteiger charge is -2.37. The maximum atomic E-state index is 13.0.